The fraction of sp³-hybridized carbons (Fsp3) is 0.200. The van der Waals surface area contributed by atoms with E-state index in [1.54, 1.807) is 18.2 Å². The van der Waals surface area contributed by atoms with E-state index in [1.807, 2.05) is 30.3 Å². The molecule has 1 fully saturated rings. The lowest BCUT2D eigenvalue weighted by molar-refractivity contribution is -0.141. The summed E-state index contributed by atoms with van der Waals surface area (Å²) in [5.41, 5.74) is 1.84. The van der Waals surface area contributed by atoms with Gasteiger partial charge < -0.3 is 14.7 Å². The van der Waals surface area contributed by atoms with Crippen LogP contribution in [0.15, 0.2) is 66.7 Å². The molecule has 164 valence electrons. The highest BCUT2D eigenvalue weighted by atomic mass is 19.1. The van der Waals surface area contributed by atoms with Gasteiger partial charge in [0.1, 0.15) is 23.4 Å². The summed E-state index contributed by atoms with van der Waals surface area (Å²) in [6, 6.07) is 15.3. The topological polar surface area (TPSA) is 66.8 Å². The number of hydrogen-bond donors (Lipinski definition) is 1. The SMILES string of the molecule is COc1cc(C(=O)N2[C@@H](c3cc(F)ccc3F)CC[C@H]2C(=O)O)ccc1-c1ccccc1. The molecule has 2 atom stereocenters. The number of carboxylic acid groups (broad SMARTS) is 1. The zero-order valence-corrected chi connectivity index (χ0v) is 17.3. The van der Waals surface area contributed by atoms with E-state index in [4.69, 9.17) is 4.74 Å². The summed E-state index contributed by atoms with van der Waals surface area (Å²) in [5, 5.41) is 9.68. The Morgan fingerprint density at radius 2 is 1.75 bits per heavy atom. The largest absolute Gasteiger partial charge is 0.496 e. The first kappa shape index (κ1) is 21.5. The average Bonchev–Trinajstić information content (AvgIpc) is 3.25. The van der Waals surface area contributed by atoms with E-state index in [9.17, 15) is 23.5 Å². The van der Waals surface area contributed by atoms with Crippen LogP contribution in [0.4, 0.5) is 8.78 Å². The molecule has 4 rings (SSSR count). The molecule has 1 heterocycles. The van der Waals surface area contributed by atoms with Crippen LogP contribution >= 0.6 is 0 Å². The number of rotatable bonds is 5. The van der Waals surface area contributed by atoms with Gasteiger partial charge in [0.25, 0.3) is 5.91 Å². The van der Waals surface area contributed by atoms with Crippen LogP contribution in [0.5, 0.6) is 5.75 Å². The van der Waals surface area contributed by atoms with Crippen molar-refractivity contribution in [2.75, 3.05) is 7.11 Å². The Kier molecular flexibility index (Phi) is 5.90. The van der Waals surface area contributed by atoms with Gasteiger partial charge in [-0.25, -0.2) is 13.6 Å². The monoisotopic (exact) mass is 437 g/mol. The van der Waals surface area contributed by atoms with Crippen molar-refractivity contribution < 1.29 is 28.2 Å². The number of methoxy groups -OCH3 is 1. The number of halogens is 2. The van der Waals surface area contributed by atoms with Crippen molar-refractivity contribution in [3.8, 4) is 16.9 Å². The highest BCUT2D eigenvalue weighted by molar-refractivity contribution is 5.98. The Morgan fingerprint density at radius 1 is 1.00 bits per heavy atom. The van der Waals surface area contributed by atoms with Crippen LogP contribution in [-0.2, 0) is 4.79 Å². The molecule has 1 amide bonds. The van der Waals surface area contributed by atoms with Crippen LogP contribution < -0.4 is 4.74 Å². The molecule has 7 heteroatoms. The Morgan fingerprint density at radius 3 is 2.44 bits per heavy atom. The molecule has 0 radical (unpaired) electrons. The van der Waals surface area contributed by atoms with Gasteiger partial charge in [0.15, 0.2) is 0 Å². The minimum absolute atomic E-state index is 0.0324. The third-order valence-electron chi connectivity index (χ3n) is 5.75. The molecule has 0 unspecified atom stereocenters. The van der Waals surface area contributed by atoms with Gasteiger partial charge in [-0.2, -0.15) is 0 Å². The van der Waals surface area contributed by atoms with Gasteiger partial charge in [0.2, 0.25) is 0 Å². The van der Waals surface area contributed by atoms with Crippen molar-refractivity contribution in [3.63, 3.8) is 0 Å². The number of hydrogen-bond acceptors (Lipinski definition) is 3. The van der Waals surface area contributed by atoms with Crippen molar-refractivity contribution in [1.82, 2.24) is 4.90 Å². The zero-order chi connectivity index (χ0) is 22.8. The summed E-state index contributed by atoms with van der Waals surface area (Å²) in [6.45, 7) is 0. The first-order chi connectivity index (χ1) is 15.4. The zero-order valence-electron chi connectivity index (χ0n) is 17.3. The van der Waals surface area contributed by atoms with E-state index in [0.717, 1.165) is 34.2 Å². The summed E-state index contributed by atoms with van der Waals surface area (Å²) in [4.78, 5) is 26.4. The Balaban J connectivity index is 1.75. The van der Waals surface area contributed by atoms with Crippen molar-refractivity contribution in [2.24, 2.45) is 0 Å². The maximum atomic E-state index is 14.5. The second-order valence-corrected chi connectivity index (χ2v) is 7.61. The number of aliphatic carboxylic acids is 1. The number of amides is 1. The Bertz CT molecular complexity index is 1170. The number of carboxylic acids is 1. The quantitative estimate of drug-likeness (QED) is 0.605. The second kappa shape index (κ2) is 8.78. The molecule has 5 nitrogen and oxygen atoms in total. The number of carbonyl (C=O) groups is 2. The maximum Gasteiger partial charge on any atom is 0.326 e. The van der Waals surface area contributed by atoms with Crippen LogP contribution in [0.1, 0.15) is 34.8 Å². The van der Waals surface area contributed by atoms with Crippen molar-refractivity contribution in [2.45, 2.75) is 24.9 Å². The van der Waals surface area contributed by atoms with Gasteiger partial charge in [-0.05, 0) is 54.8 Å². The molecule has 1 aliphatic rings. The summed E-state index contributed by atoms with van der Waals surface area (Å²) in [7, 11) is 1.48. The van der Waals surface area contributed by atoms with Gasteiger partial charge in [-0.15, -0.1) is 0 Å². The smallest absolute Gasteiger partial charge is 0.326 e. The second-order valence-electron chi connectivity index (χ2n) is 7.61. The fourth-order valence-electron chi connectivity index (χ4n) is 4.24. The lowest BCUT2D eigenvalue weighted by atomic mass is 10.0. The molecular weight excluding hydrogens is 416 g/mol. The molecule has 1 aliphatic heterocycles. The van der Waals surface area contributed by atoms with Crippen molar-refractivity contribution in [1.29, 1.82) is 0 Å². The van der Waals surface area contributed by atoms with Crippen LogP contribution in [0.25, 0.3) is 11.1 Å². The number of carbonyl (C=O) groups excluding carboxylic acids is 1. The number of nitrogens with zero attached hydrogens (tertiary/aromatic N) is 1. The molecule has 1 saturated heterocycles. The van der Waals surface area contributed by atoms with E-state index >= 15 is 0 Å². The van der Waals surface area contributed by atoms with Gasteiger partial charge in [-0.1, -0.05) is 30.3 Å². The van der Waals surface area contributed by atoms with Crippen LogP contribution in [0, 0.1) is 11.6 Å². The lowest BCUT2D eigenvalue weighted by Gasteiger charge is -2.29. The third kappa shape index (κ3) is 3.93. The van der Waals surface area contributed by atoms with Crippen LogP contribution in [0.2, 0.25) is 0 Å². The van der Waals surface area contributed by atoms with E-state index in [1.165, 1.54) is 7.11 Å². The van der Waals surface area contributed by atoms with Gasteiger partial charge in [-0.3, -0.25) is 4.79 Å². The highest BCUT2D eigenvalue weighted by Crippen LogP contribution is 2.40. The number of ether oxygens (including phenoxy) is 1. The maximum absolute atomic E-state index is 14.5. The summed E-state index contributed by atoms with van der Waals surface area (Å²) in [6.07, 6.45) is 0.350. The minimum atomic E-state index is -1.19. The average molecular weight is 437 g/mol. The van der Waals surface area contributed by atoms with Gasteiger partial charge in [0, 0.05) is 16.7 Å². The van der Waals surface area contributed by atoms with Crippen LogP contribution in [0.3, 0.4) is 0 Å². The van der Waals surface area contributed by atoms with Gasteiger partial charge in [0.05, 0.1) is 13.2 Å². The van der Waals surface area contributed by atoms with E-state index in [-0.39, 0.29) is 24.0 Å². The molecular formula is C25H21F2NO4. The molecule has 0 bridgehead atoms. The normalized spacial score (nSPS) is 17.9. The molecule has 32 heavy (non-hydrogen) atoms. The minimum Gasteiger partial charge on any atom is -0.496 e. The standard InChI is InChI=1S/C25H21F2NO4/c1-32-23-13-16(7-9-18(23)15-5-3-2-4-6-15)24(29)28-21(11-12-22(28)25(30)31)19-14-17(26)8-10-20(19)27/h2-10,13-14,21-22H,11-12H2,1H3,(H,30,31)/t21-,22+/m1/s1. The first-order valence-corrected chi connectivity index (χ1v) is 10.1. The predicted molar refractivity (Wildman–Crippen MR) is 114 cm³/mol. The molecule has 1 N–H and O–H groups in total. The van der Waals surface area contributed by atoms with E-state index < -0.39 is 35.6 Å². The lowest BCUT2D eigenvalue weighted by Crippen LogP contribution is -2.42. The number of benzene rings is 3. The Labute approximate surface area is 183 Å². The summed E-state index contributed by atoms with van der Waals surface area (Å²) >= 11 is 0. The first-order valence-electron chi connectivity index (χ1n) is 10.1. The number of likely N-dealkylation sites (tertiary alicyclic amines) is 1. The highest BCUT2D eigenvalue weighted by Gasteiger charge is 2.43. The van der Waals surface area contributed by atoms with E-state index in [2.05, 4.69) is 0 Å². The molecule has 0 spiro atoms. The Hall–Kier alpha value is -3.74. The molecule has 0 aliphatic carbocycles. The van der Waals surface area contributed by atoms with Crippen molar-refractivity contribution >= 4 is 11.9 Å². The van der Waals surface area contributed by atoms with Crippen LogP contribution in [-0.4, -0.2) is 35.0 Å². The molecule has 0 saturated carbocycles. The fourth-order valence-corrected chi connectivity index (χ4v) is 4.24. The summed E-state index contributed by atoms with van der Waals surface area (Å²) < 4.78 is 33.8. The van der Waals surface area contributed by atoms with Gasteiger partial charge >= 0.3 is 5.97 Å². The van der Waals surface area contributed by atoms with Crippen molar-refractivity contribution in [3.05, 3.63) is 89.5 Å². The molecule has 3 aromatic rings. The third-order valence-corrected chi connectivity index (χ3v) is 5.75. The molecule has 0 aromatic heterocycles. The molecule has 3 aromatic carbocycles. The van der Waals surface area contributed by atoms with E-state index in [0.29, 0.717) is 5.75 Å². The predicted octanol–water partition coefficient (Wildman–Crippen LogP) is 5.07. The summed E-state index contributed by atoms with van der Waals surface area (Å²) in [5.74, 6) is -2.66.